The summed E-state index contributed by atoms with van der Waals surface area (Å²) in [7, 11) is 0. The van der Waals surface area contributed by atoms with Crippen molar-refractivity contribution >= 4 is 11.9 Å². The van der Waals surface area contributed by atoms with Gasteiger partial charge in [-0.25, -0.2) is 4.79 Å². The summed E-state index contributed by atoms with van der Waals surface area (Å²) in [5.74, 6) is -2.17. The Balaban J connectivity index is 3.88. The summed E-state index contributed by atoms with van der Waals surface area (Å²) < 4.78 is 0. The second-order valence-corrected chi connectivity index (χ2v) is 1.80. The molecule has 1 amide bonds. The largest absolute Gasteiger partial charge is 0.480 e. The van der Waals surface area contributed by atoms with E-state index in [1.807, 2.05) is 5.32 Å². The van der Waals surface area contributed by atoms with Crippen molar-refractivity contribution in [3.05, 3.63) is 0 Å². The lowest BCUT2D eigenvalue weighted by molar-refractivity contribution is -0.143. The highest BCUT2D eigenvalue weighted by Crippen LogP contribution is 1.81. The molecule has 0 heterocycles. The van der Waals surface area contributed by atoms with Crippen LogP contribution in [-0.2, 0) is 9.59 Å². The van der Waals surface area contributed by atoms with Gasteiger partial charge in [-0.15, -0.1) is 0 Å². The van der Waals surface area contributed by atoms with Crippen LogP contribution in [0.1, 0.15) is 0 Å². The Labute approximate surface area is 62.5 Å². The van der Waals surface area contributed by atoms with Gasteiger partial charge >= 0.3 is 5.97 Å². The third-order valence-electron chi connectivity index (χ3n) is 0.959. The number of hydrogen-bond acceptors (Lipinski definition) is 4. The first-order chi connectivity index (χ1) is 5.11. The van der Waals surface area contributed by atoms with Gasteiger partial charge in [0, 0.05) is 0 Å². The fourth-order valence-corrected chi connectivity index (χ4v) is 0.425. The minimum Gasteiger partial charge on any atom is -0.480 e. The van der Waals surface area contributed by atoms with Crippen molar-refractivity contribution in [2.75, 3.05) is 13.2 Å². The first kappa shape index (κ1) is 9.86. The van der Waals surface area contributed by atoms with Gasteiger partial charge in [0.2, 0.25) is 5.91 Å². The smallest absolute Gasteiger partial charge is 0.328 e. The van der Waals surface area contributed by atoms with Crippen molar-refractivity contribution in [3.63, 3.8) is 0 Å². The maximum absolute atomic E-state index is 10.4. The summed E-state index contributed by atoms with van der Waals surface area (Å²) in [6.45, 7) is -1.48. The van der Waals surface area contributed by atoms with Gasteiger partial charge in [0.25, 0.3) is 0 Å². The van der Waals surface area contributed by atoms with Gasteiger partial charge in [0.05, 0.1) is 6.61 Å². The molecule has 0 saturated heterocycles. The van der Waals surface area contributed by atoms with E-state index < -0.39 is 31.1 Å². The monoisotopic (exact) mass is 163 g/mol. The third kappa shape index (κ3) is 3.54. The Morgan fingerprint density at radius 1 is 1.36 bits per heavy atom. The average Bonchev–Trinajstić information content (AvgIpc) is 1.99. The quantitative estimate of drug-likeness (QED) is 0.367. The Morgan fingerprint density at radius 3 is 2.18 bits per heavy atom. The molecule has 6 heteroatoms. The molecule has 0 saturated carbocycles. The molecule has 0 aliphatic heterocycles. The topological polar surface area (TPSA) is 107 Å². The molecule has 1 atom stereocenters. The van der Waals surface area contributed by atoms with E-state index in [0.29, 0.717) is 0 Å². The lowest BCUT2D eigenvalue weighted by Crippen LogP contribution is -2.44. The minimum atomic E-state index is -1.34. The van der Waals surface area contributed by atoms with E-state index >= 15 is 0 Å². The molecule has 4 N–H and O–H groups in total. The number of aliphatic carboxylic acids is 1. The third-order valence-corrected chi connectivity index (χ3v) is 0.959. The number of carboxylic acids is 1. The van der Waals surface area contributed by atoms with Gasteiger partial charge in [0.1, 0.15) is 12.6 Å². The second kappa shape index (κ2) is 4.64. The second-order valence-electron chi connectivity index (χ2n) is 1.80. The zero-order valence-corrected chi connectivity index (χ0v) is 5.65. The molecular weight excluding hydrogens is 154 g/mol. The fraction of sp³-hybridized carbons (Fsp3) is 0.600. The standard InChI is InChI=1S/C5H9NO5/c7-1-3(5(10)11)6-4(9)2-8/h3,7-8H,1-2H2,(H,6,9)(H,10,11)/t3-/m0/s1. The molecular formula is C5H9NO5. The highest BCUT2D eigenvalue weighted by Gasteiger charge is 2.17. The SMILES string of the molecule is O=C(CO)N[C@@H](CO)C(=O)O. The molecule has 0 aromatic carbocycles. The van der Waals surface area contributed by atoms with Crippen LogP contribution < -0.4 is 5.32 Å². The first-order valence-electron chi connectivity index (χ1n) is 2.85. The van der Waals surface area contributed by atoms with Crippen LogP contribution in [0.2, 0.25) is 0 Å². The van der Waals surface area contributed by atoms with Crippen LogP contribution in [0.4, 0.5) is 0 Å². The zero-order valence-electron chi connectivity index (χ0n) is 5.65. The maximum Gasteiger partial charge on any atom is 0.328 e. The van der Waals surface area contributed by atoms with Crippen LogP contribution in [-0.4, -0.2) is 46.5 Å². The van der Waals surface area contributed by atoms with Crippen molar-refractivity contribution in [2.45, 2.75) is 6.04 Å². The summed E-state index contributed by atoms with van der Waals surface area (Å²) in [4.78, 5) is 20.5. The van der Waals surface area contributed by atoms with Crippen LogP contribution >= 0.6 is 0 Å². The Kier molecular flexibility index (Phi) is 4.16. The van der Waals surface area contributed by atoms with Crippen molar-refractivity contribution in [1.29, 1.82) is 0 Å². The van der Waals surface area contributed by atoms with Gasteiger partial charge < -0.3 is 20.6 Å². The van der Waals surface area contributed by atoms with Crippen LogP contribution in [0.25, 0.3) is 0 Å². The Morgan fingerprint density at radius 2 is 1.91 bits per heavy atom. The average molecular weight is 163 g/mol. The molecule has 0 aliphatic rings. The van der Waals surface area contributed by atoms with Crippen molar-refractivity contribution < 1.29 is 24.9 Å². The molecule has 0 spiro atoms. The number of rotatable bonds is 4. The van der Waals surface area contributed by atoms with Gasteiger partial charge in [-0.3, -0.25) is 4.79 Å². The van der Waals surface area contributed by atoms with Gasteiger partial charge in [-0.1, -0.05) is 0 Å². The fourth-order valence-electron chi connectivity index (χ4n) is 0.425. The minimum absolute atomic E-state index is 0.693. The molecule has 11 heavy (non-hydrogen) atoms. The first-order valence-corrected chi connectivity index (χ1v) is 2.85. The molecule has 0 unspecified atom stereocenters. The molecule has 0 radical (unpaired) electrons. The summed E-state index contributed by atoms with van der Waals surface area (Å²) in [6.07, 6.45) is 0. The number of carbonyl (C=O) groups is 2. The summed E-state index contributed by atoms with van der Waals surface area (Å²) in [5.41, 5.74) is 0. The summed E-state index contributed by atoms with van der Waals surface area (Å²) in [6, 6.07) is -1.34. The van der Waals surface area contributed by atoms with Crippen LogP contribution in [0.3, 0.4) is 0 Å². The molecule has 0 bridgehead atoms. The Bertz CT molecular complexity index is 157. The van der Waals surface area contributed by atoms with E-state index in [2.05, 4.69) is 0 Å². The molecule has 0 aliphatic carbocycles. The lowest BCUT2D eigenvalue weighted by atomic mass is 10.3. The normalized spacial score (nSPS) is 12.2. The van der Waals surface area contributed by atoms with E-state index in [9.17, 15) is 9.59 Å². The molecule has 64 valence electrons. The highest BCUT2D eigenvalue weighted by atomic mass is 16.4. The number of hydrogen-bond donors (Lipinski definition) is 4. The lowest BCUT2D eigenvalue weighted by Gasteiger charge is -2.09. The summed E-state index contributed by atoms with van der Waals surface area (Å²) in [5, 5.41) is 26.7. The Hall–Kier alpha value is -1.14. The zero-order chi connectivity index (χ0) is 8.85. The van der Waals surface area contributed by atoms with Crippen LogP contribution in [0, 0.1) is 0 Å². The number of nitrogens with one attached hydrogen (secondary N) is 1. The van der Waals surface area contributed by atoms with E-state index in [1.165, 1.54) is 0 Å². The molecule has 0 aromatic heterocycles. The predicted octanol–water partition coefficient (Wildman–Crippen LogP) is -2.46. The number of aliphatic hydroxyl groups excluding tert-OH is 2. The van der Waals surface area contributed by atoms with Gasteiger partial charge in [0.15, 0.2) is 0 Å². The number of amides is 1. The predicted molar refractivity (Wildman–Crippen MR) is 33.7 cm³/mol. The van der Waals surface area contributed by atoms with Crippen molar-refractivity contribution in [2.24, 2.45) is 0 Å². The van der Waals surface area contributed by atoms with E-state index in [0.717, 1.165) is 0 Å². The maximum atomic E-state index is 10.4. The number of carbonyl (C=O) groups excluding carboxylic acids is 1. The molecule has 0 rings (SSSR count). The van der Waals surface area contributed by atoms with Gasteiger partial charge in [-0.2, -0.15) is 0 Å². The van der Waals surface area contributed by atoms with Crippen molar-refractivity contribution in [1.82, 2.24) is 5.32 Å². The molecule has 0 aromatic rings. The highest BCUT2D eigenvalue weighted by molar-refractivity contribution is 5.84. The van der Waals surface area contributed by atoms with E-state index in [4.69, 9.17) is 15.3 Å². The van der Waals surface area contributed by atoms with E-state index in [1.54, 1.807) is 0 Å². The summed E-state index contributed by atoms with van der Waals surface area (Å²) >= 11 is 0. The van der Waals surface area contributed by atoms with Crippen molar-refractivity contribution in [3.8, 4) is 0 Å². The molecule has 6 nitrogen and oxygen atoms in total. The van der Waals surface area contributed by atoms with Crippen LogP contribution in [0.15, 0.2) is 0 Å². The van der Waals surface area contributed by atoms with Crippen LogP contribution in [0.5, 0.6) is 0 Å². The number of carboxylic acid groups (broad SMARTS) is 1. The number of aliphatic hydroxyl groups is 2. The van der Waals surface area contributed by atoms with E-state index in [-0.39, 0.29) is 0 Å². The van der Waals surface area contributed by atoms with Gasteiger partial charge in [-0.05, 0) is 0 Å². The molecule has 0 fully saturated rings.